The van der Waals surface area contributed by atoms with E-state index in [1.165, 1.54) is 28.2 Å². The number of halogens is 3. The standard InChI is InChI=1S/C10H12F3N3O2/c11-10(12,13)9(18)1-4-15(5-2-9)8(17)16-6-3-14-7-16/h3,6-7,18H,1-2,4-5H2. The van der Waals surface area contributed by atoms with E-state index in [1.54, 1.807) is 0 Å². The van der Waals surface area contributed by atoms with Gasteiger partial charge in [-0.1, -0.05) is 0 Å². The molecular weight excluding hydrogens is 251 g/mol. The van der Waals surface area contributed by atoms with Crippen LogP contribution in [0.25, 0.3) is 0 Å². The van der Waals surface area contributed by atoms with Crippen molar-refractivity contribution >= 4 is 6.03 Å². The van der Waals surface area contributed by atoms with Crippen LogP contribution in [0.15, 0.2) is 18.7 Å². The average Bonchev–Trinajstić information content (AvgIpc) is 2.81. The highest BCUT2D eigenvalue weighted by Gasteiger charge is 2.54. The van der Waals surface area contributed by atoms with Crippen molar-refractivity contribution in [1.29, 1.82) is 0 Å². The minimum atomic E-state index is -4.66. The Bertz CT molecular complexity index is 422. The van der Waals surface area contributed by atoms with Crippen LogP contribution in [-0.4, -0.2) is 50.5 Å². The predicted octanol–water partition coefficient (Wildman–Crippen LogP) is 1.24. The maximum Gasteiger partial charge on any atom is 0.417 e. The third-order valence-corrected chi connectivity index (χ3v) is 3.11. The van der Waals surface area contributed by atoms with Crippen molar-refractivity contribution in [2.75, 3.05) is 13.1 Å². The predicted molar refractivity (Wildman–Crippen MR) is 54.8 cm³/mol. The molecular formula is C10H12F3N3O2. The van der Waals surface area contributed by atoms with Crippen LogP contribution in [-0.2, 0) is 0 Å². The van der Waals surface area contributed by atoms with Gasteiger partial charge in [-0.25, -0.2) is 9.78 Å². The lowest BCUT2D eigenvalue weighted by Gasteiger charge is -2.38. The summed E-state index contributed by atoms with van der Waals surface area (Å²) in [5.41, 5.74) is -2.68. The first kappa shape index (κ1) is 12.9. The molecule has 1 aromatic heterocycles. The molecule has 1 saturated heterocycles. The second kappa shape index (κ2) is 4.27. The molecule has 0 radical (unpaired) electrons. The summed E-state index contributed by atoms with van der Waals surface area (Å²) in [5.74, 6) is 0. The molecule has 5 nitrogen and oxygen atoms in total. The summed E-state index contributed by atoms with van der Waals surface area (Å²) in [4.78, 5) is 16.8. The molecule has 2 rings (SSSR count). The zero-order valence-electron chi connectivity index (χ0n) is 9.39. The first-order valence-corrected chi connectivity index (χ1v) is 5.40. The number of amides is 1. The largest absolute Gasteiger partial charge is 0.417 e. The number of aromatic nitrogens is 2. The molecule has 100 valence electrons. The van der Waals surface area contributed by atoms with Gasteiger partial charge in [0, 0.05) is 38.3 Å². The Morgan fingerprint density at radius 1 is 1.33 bits per heavy atom. The van der Waals surface area contributed by atoms with Gasteiger partial charge in [0.15, 0.2) is 5.60 Å². The van der Waals surface area contributed by atoms with E-state index < -0.39 is 30.7 Å². The second-order valence-corrected chi connectivity index (χ2v) is 4.27. The van der Waals surface area contributed by atoms with Crippen molar-refractivity contribution in [3.8, 4) is 0 Å². The van der Waals surface area contributed by atoms with Crippen molar-refractivity contribution in [1.82, 2.24) is 14.5 Å². The van der Waals surface area contributed by atoms with E-state index in [1.807, 2.05) is 0 Å². The number of alkyl halides is 3. The molecule has 1 aliphatic heterocycles. The van der Waals surface area contributed by atoms with Crippen LogP contribution in [0.2, 0.25) is 0 Å². The first-order valence-electron chi connectivity index (χ1n) is 5.40. The summed E-state index contributed by atoms with van der Waals surface area (Å²) in [7, 11) is 0. The highest BCUT2D eigenvalue weighted by molar-refractivity contribution is 5.76. The fraction of sp³-hybridized carbons (Fsp3) is 0.600. The number of hydrogen-bond acceptors (Lipinski definition) is 3. The molecule has 1 fully saturated rings. The van der Waals surface area contributed by atoms with Gasteiger partial charge in [0.05, 0.1) is 0 Å². The van der Waals surface area contributed by atoms with Crippen LogP contribution in [0, 0.1) is 0 Å². The second-order valence-electron chi connectivity index (χ2n) is 4.27. The monoisotopic (exact) mass is 263 g/mol. The molecule has 1 aliphatic rings. The van der Waals surface area contributed by atoms with Crippen LogP contribution in [0.5, 0.6) is 0 Å². The minimum absolute atomic E-state index is 0.132. The molecule has 1 N–H and O–H groups in total. The van der Waals surface area contributed by atoms with Gasteiger partial charge in [-0.3, -0.25) is 4.57 Å². The van der Waals surface area contributed by atoms with Crippen molar-refractivity contribution < 1.29 is 23.1 Å². The van der Waals surface area contributed by atoms with Gasteiger partial charge in [-0.05, 0) is 0 Å². The lowest BCUT2D eigenvalue weighted by Crippen LogP contribution is -2.54. The lowest BCUT2D eigenvalue weighted by molar-refractivity contribution is -0.271. The van der Waals surface area contributed by atoms with E-state index in [2.05, 4.69) is 4.98 Å². The highest BCUT2D eigenvalue weighted by Crippen LogP contribution is 2.38. The summed E-state index contributed by atoms with van der Waals surface area (Å²) >= 11 is 0. The van der Waals surface area contributed by atoms with E-state index in [4.69, 9.17) is 0 Å². The Labute approximate surface area is 101 Å². The van der Waals surface area contributed by atoms with Gasteiger partial charge in [0.25, 0.3) is 0 Å². The van der Waals surface area contributed by atoms with Crippen LogP contribution in [0.3, 0.4) is 0 Å². The van der Waals surface area contributed by atoms with Gasteiger partial charge < -0.3 is 10.0 Å². The van der Waals surface area contributed by atoms with E-state index in [9.17, 15) is 23.1 Å². The zero-order valence-corrected chi connectivity index (χ0v) is 9.39. The third kappa shape index (κ3) is 2.20. The molecule has 0 bridgehead atoms. The molecule has 0 aromatic carbocycles. The number of hydrogen-bond donors (Lipinski definition) is 1. The normalized spacial score (nSPS) is 19.9. The quantitative estimate of drug-likeness (QED) is 0.766. The Kier molecular flexibility index (Phi) is 3.05. The Balaban J connectivity index is 2.01. The van der Waals surface area contributed by atoms with Crippen LogP contribution >= 0.6 is 0 Å². The Morgan fingerprint density at radius 2 is 1.94 bits per heavy atom. The molecule has 2 heterocycles. The number of carbonyl (C=O) groups excluding carboxylic acids is 1. The number of piperidine rings is 1. The summed E-state index contributed by atoms with van der Waals surface area (Å²) in [5, 5.41) is 9.46. The van der Waals surface area contributed by atoms with Crippen molar-refractivity contribution in [3.63, 3.8) is 0 Å². The molecule has 0 aliphatic carbocycles. The molecule has 18 heavy (non-hydrogen) atoms. The van der Waals surface area contributed by atoms with Crippen molar-refractivity contribution in [3.05, 3.63) is 18.7 Å². The van der Waals surface area contributed by atoms with Crippen molar-refractivity contribution in [2.45, 2.75) is 24.6 Å². The van der Waals surface area contributed by atoms with E-state index in [-0.39, 0.29) is 13.1 Å². The molecule has 8 heteroatoms. The maximum absolute atomic E-state index is 12.6. The number of rotatable bonds is 0. The van der Waals surface area contributed by atoms with Gasteiger partial charge >= 0.3 is 12.2 Å². The van der Waals surface area contributed by atoms with Gasteiger partial charge in [-0.15, -0.1) is 0 Å². The van der Waals surface area contributed by atoms with Crippen LogP contribution in [0.4, 0.5) is 18.0 Å². The fourth-order valence-corrected chi connectivity index (χ4v) is 1.89. The number of aliphatic hydroxyl groups is 1. The molecule has 1 aromatic rings. The lowest BCUT2D eigenvalue weighted by atomic mass is 9.91. The summed E-state index contributed by atoms with van der Waals surface area (Å²) < 4.78 is 38.9. The smallest absolute Gasteiger partial charge is 0.380 e. The number of nitrogens with zero attached hydrogens (tertiary/aromatic N) is 3. The Hall–Kier alpha value is -1.57. The van der Waals surface area contributed by atoms with Gasteiger partial charge in [0.2, 0.25) is 0 Å². The average molecular weight is 263 g/mol. The molecule has 0 spiro atoms. The molecule has 0 atom stereocenters. The molecule has 0 unspecified atom stereocenters. The summed E-state index contributed by atoms with van der Waals surface area (Å²) in [6.07, 6.45) is -1.54. The van der Waals surface area contributed by atoms with Crippen molar-refractivity contribution in [2.24, 2.45) is 0 Å². The minimum Gasteiger partial charge on any atom is -0.380 e. The number of imidazole rings is 1. The summed E-state index contributed by atoms with van der Waals surface area (Å²) in [6, 6.07) is -0.434. The number of carbonyl (C=O) groups is 1. The SMILES string of the molecule is O=C(N1CCC(O)(C(F)(F)F)CC1)n1ccnc1. The third-order valence-electron chi connectivity index (χ3n) is 3.11. The van der Waals surface area contributed by atoms with Gasteiger partial charge in [0.1, 0.15) is 6.33 Å². The topological polar surface area (TPSA) is 58.4 Å². The van der Waals surface area contributed by atoms with E-state index in [0.717, 1.165) is 0 Å². The van der Waals surface area contributed by atoms with E-state index in [0.29, 0.717) is 0 Å². The number of likely N-dealkylation sites (tertiary alicyclic amines) is 1. The van der Waals surface area contributed by atoms with E-state index >= 15 is 0 Å². The van der Waals surface area contributed by atoms with Crippen LogP contribution < -0.4 is 0 Å². The molecule has 1 amide bonds. The fourth-order valence-electron chi connectivity index (χ4n) is 1.89. The molecule has 0 saturated carbocycles. The maximum atomic E-state index is 12.6. The van der Waals surface area contributed by atoms with Crippen LogP contribution in [0.1, 0.15) is 12.8 Å². The summed E-state index contributed by atoms with van der Waals surface area (Å²) in [6.45, 7) is -0.264. The highest BCUT2D eigenvalue weighted by atomic mass is 19.4. The Morgan fingerprint density at radius 3 is 2.39 bits per heavy atom. The van der Waals surface area contributed by atoms with Gasteiger partial charge in [-0.2, -0.15) is 13.2 Å². The zero-order chi connectivity index (χ0) is 13.4. The first-order chi connectivity index (χ1) is 8.33.